The van der Waals surface area contributed by atoms with E-state index in [1.54, 1.807) is 36.4 Å². The quantitative estimate of drug-likeness (QED) is 0.704. The number of benzene rings is 1. The molecule has 0 aliphatic heterocycles. The molecule has 1 aromatic carbocycles. The van der Waals surface area contributed by atoms with E-state index in [1.807, 2.05) is 0 Å². The second kappa shape index (κ2) is 4.93. The van der Waals surface area contributed by atoms with Crippen molar-refractivity contribution in [3.05, 3.63) is 72.3 Å². The molecule has 2 heterocycles. The molecule has 98 valence electrons. The van der Waals surface area contributed by atoms with E-state index in [9.17, 15) is 9.59 Å². The van der Waals surface area contributed by atoms with Crippen molar-refractivity contribution in [2.75, 3.05) is 0 Å². The van der Waals surface area contributed by atoms with Crippen LogP contribution in [0.15, 0.2) is 61.2 Å². The molecule has 0 atom stereocenters. The molecule has 0 radical (unpaired) electrons. The van der Waals surface area contributed by atoms with Gasteiger partial charge in [0, 0.05) is 24.8 Å². The van der Waals surface area contributed by atoms with Gasteiger partial charge in [-0.25, -0.2) is 9.36 Å². The molecule has 0 saturated heterocycles. The Morgan fingerprint density at radius 3 is 1.55 bits per heavy atom. The lowest BCUT2D eigenvalue weighted by Gasteiger charge is -2.07. The molecule has 0 spiro atoms. The van der Waals surface area contributed by atoms with Crippen molar-refractivity contribution in [3.63, 3.8) is 0 Å². The van der Waals surface area contributed by atoms with E-state index in [1.165, 1.54) is 34.2 Å². The first-order valence-corrected chi connectivity index (χ1v) is 5.95. The van der Waals surface area contributed by atoms with Gasteiger partial charge < -0.3 is 0 Å². The Labute approximate surface area is 114 Å². The monoisotopic (exact) mass is 266 g/mol. The van der Waals surface area contributed by atoms with Crippen molar-refractivity contribution in [2.24, 2.45) is 0 Å². The molecule has 0 amide bonds. The van der Waals surface area contributed by atoms with Gasteiger partial charge in [0.15, 0.2) is 0 Å². The van der Waals surface area contributed by atoms with Gasteiger partial charge in [-0.1, -0.05) is 12.1 Å². The molecule has 0 N–H and O–H groups in total. The highest BCUT2D eigenvalue weighted by atomic mass is 16.2. The van der Waals surface area contributed by atoms with Crippen LogP contribution in [0.3, 0.4) is 0 Å². The number of carbonyl (C=O) groups excluding carboxylic acids is 2. The molecule has 2 aromatic heterocycles. The minimum Gasteiger partial charge on any atom is -0.267 e. The fourth-order valence-electron chi connectivity index (χ4n) is 1.88. The highest BCUT2D eigenvalue weighted by molar-refractivity contribution is 6.08. The summed E-state index contributed by atoms with van der Waals surface area (Å²) in [5.74, 6) is -0.711. The third kappa shape index (κ3) is 2.03. The molecule has 0 unspecified atom stereocenters. The van der Waals surface area contributed by atoms with Crippen LogP contribution < -0.4 is 0 Å². The Balaban J connectivity index is 2.05. The van der Waals surface area contributed by atoms with Crippen molar-refractivity contribution in [3.8, 4) is 0 Å². The van der Waals surface area contributed by atoms with Crippen LogP contribution in [0, 0.1) is 0 Å². The maximum absolute atomic E-state index is 12.3. The number of nitrogens with zero attached hydrogens (tertiary/aromatic N) is 4. The first kappa shape index (κ1) is 12.0. The zero-order valence-corrected chi connectivity index (χ0v) is 10.4. The number of hydrogen-bond acceptors (Lipinski definition) is 4. The second-order valence-electron chi connectivity index (χ2n) is 4.06. The van der Waals surface area contributed by atoms with Crippen LogP contribution in [-0.2, 0) is 0 Å². The highest BCUT2D eigenvalue weighted by Crippen LogP contribution is 2.12. The fraction of sp³-hybridized carbons (Fsp3) is 0. The maximum Gasteiger partial charge on any atom is 0.278 e. The number of aromatic nitrogens is 4. The van der Waals surface area contributed by atoms with Crippen LogP contribution in [0.2, 0.25) is 0 Å². The Kier molecular flexibility index (Phi) is 2.96. The summed E-state index contributed by atoms with van der Waals surface area (Å²) < 4.78 is 2.38. The average molecular weight is 266 g/mol. The SMILES string of the molecule is O=C(c1ccccc1C(=O)n1cccn1)n1cccn1. The lowest BCUT2D eigenvalue weighted by Crippen LogP contribution is -2.20. The third-order valence-electron chi connectivity index (χ3n) is 2.81. The fourth-order valence-corrected chi connectivity index (χ4v) is 1.88. The van der Waals surface area contributed by atoms with Gasteiger partial charge >= 0.3 is 0 Å². The van der Waals surface area contributed by atoms with Gasteiger partial charge in [0.25, 0.3) is 11.8 Å². The van der Waals surface area contributed by atoms with Crippen LogP contribution in [0.5, 0.6) is 0 Å². The molecule has 0 saturated carbocycles. The summed E-state index contributed by atoms with van der Waals surface area (Å²) in [5, 5.41) is 7.78. The van der Waals surface area contributed by atoms with Gasteiger partial charge in [-0.05, 0) is 24.3 Å². The first-order valence-electron chi connectivity index (χ1n) is 5.95. The summed E-state index contributed by atoms with van der Waals surface area (Å²) >= 11 is 0. The lowest BCUT2D eigenvalue weighted by molar-refractivity contribution is 0.0911. The van der Waals surface area contributed by atoms with Crippen LogP contribution in [-0.4, -0.2) is 31.4 Å². The van der Waals surface area contributed by atoms with E-state index < -0.39 is 0 Å². The molecule has 3 rings (SSSR count). The average Bonchev–Trinajstić information content (AvgIpc) is 3.18. The van der Waals surface area contributed by atoms with Crippen molar-refractivity contribution < 1.29 is 9.59 Å². The summed E-state index contributed by atoms with van der Waals surface area (Å²) in [6, 6.07) is 9.90. The topological polar surface area (TPSA) is 69.8 Å². The Morgan fingerprint density at radius 1 is 0.750 bits per heavy atom. The maximum atomic E-state index is 12.3. The smallest absolute Gasteiger partial charge is 0.267 e. The molecular formula is C14H10N4O2. The summed E-state index contributed by atoms with van der Waals surface area (Å²) in [5.41, 5.74) is 0.577. The molecule has 0 bridgehead atoms. The van der Waals surface area contributed by atoms with Crippen molar-refractivity contribution in [1.82, 2.24) is 19.6 Å². The predicted octanol–water partition coefficient (Wildman–Crippen LogP) is 1.46. The summed E-state index contributed by atoms with van der Waals surface area (Å²) in [6.45, 7) is 0. The molecule has 3 aromatic rings. The molecule has 0 fully saturated rings. The largest absolute Gasteiger partial charge is 0.278 e. The van der Waals surface area contributed by atoms with Crippen LogP contribution in [0.1, 0.15) is 20.7 Å². The summed E-state index contributed by atoms with van der Waals surface area (Å²) in [6.07, 6.45) is 6.10. The molecule has 0 aliphatic rings. The van der Waals surface area contributed by atoms with Crippen molar-refractivity contribution in [1.29, 1.82) is 0 Å². The third-order valence-corrected chi connectivity index (χ3v) is 2.81. The minimum atomic E-state index is -0.355. The summed E-state index contributed by atoms with van der Waals surface area (Å²) in [4.78, 5) is 24.6. The molecule has 0 aliphatic carbocycles. The molecule has 6 nitrogen and oxygen atoms in total. The van der Waals surface area contributed by atoms with E-state index in [0.29, 0.717) is 0 Å². The Hall–Kier alpha value is -3.02. The van der Waals surface area contributed by atoms with E-state index in [2.05, 4.69) is 10.2 Å². The van der Waals surface area contributed by atoms with E-state index >= 15 is 0 Å². The Bertz CT molecular complexity index is 680. The first-order chi connectivity index (χ1) is 9.77. The van der Waals surface area contributed by atoms with Gasteiger partial charge in [-0.15, -0.1) is 0 Å². The van der Waals surface area contributed by atoms with Crippen LogP contribution in [0.25, 0.3) is 0 Å². The Morgan fingerprint density at radius 2 is 1.20 bits per heavy atom. The van der Waals surface area contributed by atoms with E-state index in [0.717, 1.165) is 0 Å². The van der Waals surface area contributed by atoms with Crippen LogP contribution >= 0.6 is 0 Å². The number of hydrogen-bond donors (Lipinski definition) is 0. The molecule has 20 heavy (non-hydrogen) atoms. The minimum absolute atomic E-state index is 0.289. The van der Waals surface area contributed by atoms with Gasteiger partial charge in [0.2, 0.25) is 0 Å². The standard InChI is InChI=1S/C14H10N4O2/c19-13(17-9-3-7-15-17)11-5-1-2-6-12(11)14(20)18-10-4-8-16-18/h1-10H. The number of carbonyl (C=O) groups is 2. The van der Waals surface area contributed by atoms with E-state index in [4.69, 9.17) is 0 Å². The van der Waals surface area contributed by atoms with Gasteiger partial charge in [-0.2, -0.15) is 10.2 Å². The van der Waals surface area contributed by atoms with Gasteiger partial charge in [0.1, 0.15) is 0 Å². The zero-order chi connectivity index (χ0) is 13.9. The predicted molar refractivity (Wildman–Crippen MR) is 70.4 cm³/mol. The molecular weight excluding hydrogens is 256 g/mol. The normalized spacial score (nSPS) is 10.4. The van der Waals surface area contributed by atoms with Crippen molar-refractivity contribution >= 4 is 11.8 Å². The van der Waals surface area contributed by atoms with Gasteiger partial charge in [0.05, 0.1) is 11.1 Å². The van der Waals surface area contributed by atoms with Gasteiger partial charge in [-0.3, -0.25) is 9.59 Å². The van der Waals surface area contributed by atoms with Crippen molar-refractivity contribution in [2.45, 2.75) is 0 Å². The van der Waals surface area contributed by atoms with Crippen LogP contribution in [0.4, 0.5) is 0 Å². The second-order valence-corrected chi connectivity index (χ2v) is 4.06. The highest BCUT2D eigenvalue weighted by Gasteiger charge is 2.19. The lowest BCUT2D eigenvalue weighted by atomic mass is 10.1. The summed E-state index contributed by atoms with van der Waals surface area (Å²) in [7, 11) is 0. The van der Waals surface area contributed by atoms with E-state index in [-0.39, 0.29) is 22.9 Å². The number of rotatable bonds is 2. The zero-order valence-electron chi connectivity index (χ0n) is 10.4. The molecule has 6 heteroatoms.